The van der Waals surface area contributed by atoms with E-state index in [9.17, 15) is 9.59 Å². The molecule has 0 fully saturated rings. The van der Waals surface area contributed by atoms with Gasteiger partial charge in [0.1, 0.15) is 11.8 Å². The number of benzene rings is 1. The van der Waals surface area contributed by atoms with Crippen LogP contribution in [0.2, 0.25) is 0 Å². The molecule has 92 valence electrons. The summed E-state index contributed by atoms with van der Waals surface area (Å²) in [6.07, 6.45) is 0. The third-order valence-electron chi connectivity index (χ3n) is 2.24. The van der Waals surface area contributed by atoms with Gasteiger partial charge in [0, 0.05) is 6.92 Å². The second-order valence-corrected chi connectivity index (χ2v) is 4.16. The number of nitrogens with one attached hydrogen (secondary N) is 1. The number of amides is 1. The van der Waals surface area contributed by atoms with Gasteiger partial charge in [-0.3, -0.25) is 4.79 Å². The van der Waals surface area contributed by atoms with E-state index in [1.807, 2.05) is 19.9 Å². The van der Waals surface area contributed by atoms with Crippen molar-refractivity contribution in [2.45, 2.75) is 26.8 Å². The molecule has 4 heteroatoms. The molecule has 0 aliphatic carbocycles. The molecule has 1 rings (SSSR count). The largest absolute Gasteiger partial charge is 0.425 e. The molecule has 1 amide bonds. The van der Waals surface area contributed by atoms with Crippen molar-refractivity contribution in [3.63, 3.8) is 0 Å². The summed E-state index contributed by atoms with van der Waals surface area (Å²) in [6.45, 7) is 5.09. The van der Waals surface area contributed by atoms with Crippen LogP contribution in [0.1, 0.15) is 20.8 Å². The Morgan fingerprint density at radius 1 is 1.18 bits per heavy atom. The van der Waals surface area contributed by atoms with Crippen molar-refractivity contribution in [2.75, 3.05) is 0 Å². The van der Waals surface area contributed by atoms with Gasteiger partial charge in [0.15, 0.2) is 0 Å². The topological polar surface area (TPSA) is 55.4 Å². The lowest BCUT2D eigenvalue weighted by Crippen LogP contribution is -2.45. The molecule has 1 aromatic rings. The highest BCUT2D eigenvalue weighted by molar-refractivity contribution is 5.84. The molecule has 4 nitrogen and oxygen atoms in total. The monoisotopic (exact) mass is 235 g/mol. The zero-order chi connectivity index (χ0) is 12.8. The van der Waals surface area contributed by atoms with Crippen molar-refractivity contribution < 1.29 is 14.3 Å². The van der Waals surface area contributed by atoms with Crippen molar-refractivity contribution >= 4 is 11.9 Å². The first-order valence-corrected chi connectivity index (χ1v) is 5.54. The van der Waals surface area contributed by atoms with Crippen molar-refractivity contribution in [3.8, 4) is 5.75 Å². The quantitative estimate of drug-likeness (QED) is 0.639. The summed E-state index contributed by atoms with van der Waals surface area (Å²) in [6, 6.07) is 8.18. The van der Waals surface area contributed by atoms with E-state index in [0.29, 0.717) is 5.75 Å². The maximum Gasteiger partial charge on any atom is 0.334 e. The maximum absolute atomic E-state index is 11.9. The average Bonchev–Trinajstić information content (AvgIpc) is 2.26. The minimum atomic E-state index is -0.618. The number of esters is 1. The lowest BCUT2D eigenvalue weighted by molar-refractivity contribution is -0.140. The zero-order valence-corrected chi connectivity index (χ0v) is 10.3. The molecule has 0 saturated heterocycles. The molecule has 0 saturated carbocycles. The lowest BCUT2D eigenvalue weighted by Gasteiger charge is -2.19. The Morgan fingerprint density at radius 3 is 2.24 bits per heavy atom. The number of rotatable bonds is 4. The van der Waals surface area contributed by atoms with Gasteiger partial charge in [-0.2, -0.15) is 0 Å². The van der Waals surface area contributed by atoms with Crippen LogP contribution >= 0.6 is 0 Å². The van der Waals surface area contributed by atoms with Gasteiger partial charge in [0.2, 0.25) is 5.91 Å². The van der Waals surface area contributed by atoms with E-state index in [1.54, 1.807) is 24.3 Å². The van der Waals surface area contributed by atoms with Crippen molar-refractivity contribution in [1.82, 2.24) is 5.32 Å². The Kier molecular flexibility index (Phi) is 4.69. The fourth-order valence-corrected chi connectivity index (χ4v) is 1.38. The standard InChI is InChI=1S/C13H17NO3/c1-9(2)12(14-10(3)15)13(16)17-11-7-5-4-6-8-11/h4-9,12H,1-3H3,(H,14,15). The van der Waals surface area contributed by atoms with E-state index in [-0.39, 0.29) is 11.8 Å². The number of para-hydroxylation sites is 1. The maximum atomic E-state index is 11.9. The van der Waals surface area contributed by atoms with Gasteiger partial charge in [-0.15, -0.1) is 0 Å². The molecule has 1 aromatic carbocycles. The number of carbonyl (C=O) groups is 2. The highest BCUT2D eigenvalue weighted by Gasteiger charge is 2.24. The molecule has 1 atom stereocenters. The minimum absolute atomic E-state index is 0.0184. The van der Waals surface area contributed by atoms with Crippen LogP contribution in [0.15, 0.2) is 30.3 Å². The van der Waals surface area contributed by atoms with E-state index in [0.717, 1.165) is 0 Å². The van der Waals surface area contributed by atoms with Gasteiger partial charge in [0.05, 0.1) is 0 Å². The predicted molar refractivity (Wildman–Crippen MR) is 64.5 cm³/mol. The number of carbonyl (C=O) groups excluding carboxylic acids is 2. The van der Waals surface area contributed by atoms with E-state index < -0.39 is 12.0 Å². The van der Waals surface area contributed by atoms with Crippen molar-refractivity contribution in [2.24, 2.45) is 5.92 Å². The van der Waals surface area contributed by atoms with E-state index >= 15 is 0 Å². The molecule has 1 N–H and O–H groups in total. The molecule has 1 unspecified atom stereocenters. The Hall–Kier alpha value is -1.84. The molecule has 0 bridgehead atoms. The zero-order valence-electron chi connectivity index (χ0n) is 10.3. The Labute approximate surface area is 101 Å². The van der Waals surface area contributed by atoms with Gasteiger partial charge < -0.3 is 10.1 Å². The lowest BCUT2D eigenvalue weighted by atomic mass is 10.0. The molecule has 0 aliphatic rings. The molecule has 0 aliphatic heterocycles. The van der Waals surface area contributed by atoms with Gasteiger partial charge in [-0.05, 0) is 18.1 Å². The SMILES string of the molecule is CC(=O)NC(C(=O)Oc1ccccc1)C(C)C. The second kappa shape index (κ2) is 6.03. The van der Waals surface area contributed by atoms with Crippen molar-refractivity contribution in [3.05, 3.63) is 30.3 Å². The third-order valence-corrected chi connectivity index (χ3v) is 2.24. The molecule has 0 spiro atoms. The van der Waals surface area contributed by atoms with Gasteiger partial charge in [-0.25, -0.2) is 4.79 Å². The molecule has 0 radical (unpaired) electrons. The van der Waals surface area contributed by atoms with E-state index in [2.05, 4.69) is 5.32 Å². The first kappa shape index (κ1) is 13.2. The number of hydrogen-bond donors (Lipinski definition) is 1. The highest BCUT2D eigenvalue weighted by Crippen LogP contribution is 2.11. The molecule has 17 heavy (non-hydrogen) atoms. The van der Waals surface area contributed by atoms with Gasteiger partial charge >= 0.3 is 5.97 Å². The number of ether oxygens (including phenoxy) is 1. The Bertz CT molecular complexity index is 387. The Balaban J connectivity index is 2.69. The smallest absolute Gasteiger partial charge is 0.334 e. The molecular formula is C13H17NO3. The van der Waals surface area contributed by atoms with Crippen LogP contribution in [-0.2, 0) is 9.59 Å². The molecule has 0 aromatic heterocycles. The first-order chi connectivity index (χ1) is 8.00. The highest BCUT2D eigenvalue weighted by atomic mass is 16.5. The minimum Gasteiger partial charge on any atom is -0.425 e. The first-order valence-electron chi connectivity index (χ1n) is 5.54. The van der Waals surface area contributed by atoms with Crippen LogP contribution in [0, 0.1) is 5.92 Å². The summed E-state index contributed by atoms with van der Waals surface area (Å²) in [5.74, 6) is -0.223. The summed E-state index contributed by atoms with van der Waals surface area (Å²) < 4.78 is 5.19. The number of hydrogen-bond acceptors (Lipinski definition) is 3. The third kappa shape index (κ3) is 4.26. The fourth-order valence-electron chi connectivity index (χ4n) is 1.38. The summed E-state index contributed by atoms with van der Waals surface area (Å²) in [7, 11) is 0. The van der Waals surface area contributed by atoms with Crippen LogP contribution in [0.3, 0.4) is 0 Å². The van der Waals surface area contributed by atoms with Crippen molar-refractivity contribution in [1.29, 1.82) is 0 Å². The van der Waals surface area contributed by atoms with Crippen LogP contribution in [-0.4, -0.2) is 17.9 Å². The van der Waals surface area contributed by atoms with Crippen LogP contribution in [0.25, 0.3) is 0 Å². The fraction of sp³-hybridized carbons (Fsp3) is 0.385. The van der Waals surface area contributed by atoms with Gasteiger partial charge in [-0.1, -0.05) is 32.0 Å². The normalized spacial score (nSPS) is 12.0. The molecule has 0 heterocycles. The summed E-state index contributed by atoms with van der Waals surface area (Å²) in [5, 5.41) is 2.59. The predicted octanol–water partition coefficient (Wildman–Crippen LogP) is 1.75. The van der Waals surface area contributed by atoms with Crippen LogP contribution in [0.4, 0.5) is 0 Å². The van der Waals surface area contributed by atoms with Gasteiger partial charge in [0.25, 0.3) is 0 Å². The Morgan fingerprint density at radius 2 is 1.76 bits per heavy atom. The summed E-state index contributed by atoms with van der Waals surface area (Å²) in [5.41, 5.74) is 0. The molecular weight excluding hydrogens is 218 g/mol. The summed E-state index contributed by atoms with van der Waals surface area (Å²) >= 11 is 0. The van der Waals surface area contributed by atoms with E-state index in [4.69, 9.17) is 4.74 Å². The average molecular weight is 235 g/mol. The second-order valence-electron chi connectivity index (χ2n) is 4.16. The van der Waals surface area contributed by atoms with Crippen LogP contribution < -0.4 is 10.1 Å². The summed E-state index contributed by atoms with van der Waals surface area (Å²) in [4.78, 5) is 22.8. The van der Waals surface area contributed by atoms with E-state index in [1.165, 1.54) is 6.92 Å². The van der Waals surface area contributed by atoms with Crippen LogP contribution in [0.5, 0.6) is 5.75 Å².